The molecule has 6 rings (SSSR count). The van der Waals surface area contributed by atoms with Crippen molar-refractivity contribution >= 4 is 23.2 Å². The highest BCUT2D eigenvalue weighted by Gasteiger charge is 2.59. The minimum absolute atomic E-state index is 0.0209. The monoisotopic (exact) mass is 556 g/mol. The van der Waals surface area contributed by atoms with Gasteiger partial charge in [0.25, 0.3) is 0 Å². The Balaban J connectivity index is 1.12. The van der Waals surface area contributed by atoms with Crippen LogP contribution in [0.25, 0.3) is 0 Å². The van der Waals surface area contributed by atoms with E-state index in [1.807, 2.05) is 6.08 Å². The number of allylic oxidation sites excluding steroid dienone is 6. The van der Waals surface area contributed by atoms with Crippen molar-refractivity contribution in [3.63, 3.8) is 0 Å². The Morgan fingerprint density at radius 3 is 2.61 bits per heavy atom. The molecular weight excluding hydrogens is 508 g/mol. The van der Waals surface area contributed by atoms with Crippen LogP contribution in [0.15, 0.2) is 53.6 Å². The molecule has 41 heavy (non-hydrogen) atoms. The van der Waals surface area contributed by atoms with Crippen molar-refractivity contribution < 1.29 is 9.59 Å². The van der Waals surface area contributed by atoms with Gasteiger partial charge in [0.2, 0.25) is 0 Å². The summed E-state index contributed by atoms with van der Waals surface area (Å²) in [6.45, 7) is 17.5. The van der Waals surface area contributed by atoms with E-state index in [0.29, 0.717) is 30.1 Å². The maximum atomic E-state index is 14.1. The third-order valence-corrected chi connectivity index (χ3v) is 11.5. The number of hydrogen-bond acceptors (Lipinski definition) is 6. The Labute approximate surface area is 246 Å². The number of Topliss-reactive ketones (excluding diaryl/α,β-unsaturated/α-hetero) is 1. The molecule has 0 bridgehead atoms. The van der Waals surface area contributed by atoms with Crippen LogP contribution in [-0.4, -0.2) is 67.3 Å². The summed E-state index contributed by atoms with van der Waals surface area (Å²) in [4.78, 5) is 38.1. The SMILES string of the molecule is CCN(CC)c1cccc(N2CCN(CC(=O)[C@H]3C(C)C[C@H]4[C@@H]5CCC6=CC(=O)C=C[C@]6(C)C5=CC[C@]34C)CC2)n1. The largest absolute Gasteiger partial charge is 0.357 e. The Hall–Kier alpha value is -2.73. The fourth-order valence-electron chi connectivity index (χ4n) is 9.34. The lowest BCUT2D eigenvalue weighted by molar-refractivity contribution is -0.129. The fraction of sp³-hybridized carbons (Fsp3) is 0.629. The van der Waals surface area contributed by atoms with Gasteiger partial charge < -0.3 is 9.80 Å². The molecule has 0 radical (unpaired) electrons. The Morgan fingerprint density at radius 2 is 1.88 bits per heavy atom. The average Bonchev–Trinajstić information content (AvgIpc) is 3.24. The number of hydrogen-bond donors (Lipinski definition) is 0. The van der Waals surface area contributed by atoms with Gasteiger partial charge in [-0.3, -0.25) is 14.5 Å². The minimum atomic E-state index is -0.122. The number of piperazine rings is 1. The smallest absolute Gasteiger partial charge is 0.178 e. The fourth-order valence-corrected chi connectivity index (χ4v) is 9.34. The second kappa shape index (κ2) is 10.8. The second-order valence-corrected chi connectivity index (χ2v) is 13.7. The molecule has 220 valence electrons. The summed E-state index contributed by atoms with van der Waals surface area (Å²) in [6, 6.07) is 6.33. The summed E-state index contributed by atoms with van der Waals surface area (Å²) >= 11 is 0. The third-order valence-electron chi connectivity index (χ3n) is 11.5. The number of carbonyl (C=O) groups excluding carboxylic acids is 2. The normalized spacial score (nSPS) is 34.9. The van der Waals surface area contributed by atoms with Crippen molar-refractivity contribution in [1.82, 2.24) is 9.88 Å². The molecule has 1 aromatic rings. The van der Waals surface area contributed by atoms with E-state index in [4.69, 9.17) is 4.98 Å². The predicted molar refractivity (Wildman–Crippen MR) is 166 cm³/mol. The summed E-state index contributed by atoms with van der Waals surface area (Å²) in [5.74, 6) is 4.23. The highest BCUT2D eigenvalue weighted by molar-refractivity contribution is 6.01. The molecular formula is C35H48N4O2. The first-order valence-electron chi connectivity index (χ1n) is 16.0. The zero-order chi connectivity index (χ0) is 28.9. The second-order valence-electron chi connectivity index (χ2n) is 13.7. The Kier molecular flexibility index (Phi) is 7.50. The molecule has 6 nitrogen and oxygen atoms in total. The first-order chi connectivity index (χ1) is 19.7. The number of aromatic nitrogens is 1. The van der Waals surface area contributed by atoms with Gasteiger partial charge in [0.15, 0.2) is 11.6 Å². The number of rotatable bonds is 7. The molecule has 0 spiro atoms. The zero-order valence-electron chi connectivity index (χ0n) is 25.7. The number of anilines is 2. The quantitative estimate of drug-likeness (QED) is 0.401. The van der Waals surface area contributed by atoms with Crippen molar-refractivity contribution in [3.8, 4) is 0 Å². The molecule has 0 aromatic carbocycles. The van der Waals surface area contributed by atoms with E-state index in [0.717, 1.165) is 76.6 Å². The first-order valence-corrected chi connectivity index (χ1v) is 16.0. The zero-order valence-corrected chi connectivity index (χ0v) is 25.7. The number of fused-ring (bicyclic) bond motifs is 5. The van der Waals surface area contributed by atoms with Crippen LogP contribution in [0.3, 0.4) is 0 Å². The number of nitrogens with zero attached hydrogens (tertiary/aromatic N) is 4. The van der Waals surface area contributed by atoms with Crippen LogP contribution in [0.5, 0.6) is 0 Å². The topological polar surface area (TPSA) is 56.8 Å². The van der Waals surface area contributed by atoms with Crippen molar-refractivity contribution in [2.45, 2.75) is 60.3 Å². The van der Waals surface area contributed by atoms with E-state index >= 15 is 0 Å². The lowest BCUT2D eigenvalue weighted by atomic mass is 9.52. The summed E-state index contributed by atoms with van der Waals surface area (Å²) < 4.78 is 0. The molecule has 6 atom stereocenters. The molecule has 2 saturated carbocycles. The molecule has 1 aromatic heterocycles. The lowest BCUT2D eigenvalue weighted by Crippen LogP contribution is -2.50. The van der Waals surface area contributed by atoms with Gasteiger partial charge in [0, 0.05) is 50.6 Å². The highest BCUT2D eigenvalue weighted by atomic mass is 16.1. The Morgan fingerprint density at radius 1 is 1.12 bits per heavy atom. The summed E-state index contributed by atoms with van der Waals surface area (Å²) in [7, 11) is 0. The van der Waals surface area contributed by atoms with Crippen molar-refractivity contribution in [1.29, 1.82) is 0 Å². The molecule has 1 saturated heterocycles. The van der Waals surface area contributed by atoms with Crippen molar-refractivity contribution in [2.24, 2.45) is 34.5 Å². The van der Waals surface area contributed by atoms with Gasteiger partial charge in [-0.2, -0.15) is 0 Å². The minimum Gasteiger partial charge on any atom is -0.357 e. The number of ketones is 2. The van der Waals surface area contributed by atoms with Crippen molar-refractivity contribution in [3.05, 3.63) is 53.6 Å². The standard InChI is InChI=1S/C35H48N4O2/c1-6-38(7-2)31-9-8-10-32(36-31)39-19-17-37(18-20-39)23-30(41)33-24(3)21-29-27-12-11-25-22-26(40)13-15-34(25,4)28(27)14-16-35(29,33)5/h8-10,13-15,22,24,27,29,33H,6-7,11-12,16-21,23H2,1-5H3/t24?,27-,29+,33-,34+,35+/m1/s1. The number of carbonyl (C=O) groups is 2. The lowest BCUT2D eigenvalue weighted by Gasteiger charge is -2.52. The van der Waals surface area contributed by atoms with Crippen LogP contribution in [0, 0.1) is 34.5 Å². The molecule has 1 aliphatic heterocycles. The van der Waals surface area contributed by atoms with E-state index in [2.05, 4.69) is 79.7 Å². The van der Waals surface area contributed by atoms with Crippen LogP contribution in [-0.2, 0) is 9.59 Å². The van der Waals surface area contributed by atoms with Crippen LogP contribution in [0.1, 0.15) is 60.3 Å². The highest BCUT2D eigenvalue weighted by Crippen LogP contribution is 2.65. The van der Waals surface area contributed by atoms with Gasteiger partial charge >= 0.3 is 0 Å². The van der Waals surface area contributed by atoms with Gasteiger partial charge in [-0.05, 0) is 93.9 Å². The molecule has 2 heterocycles. The van der Waals surface area contributed by atoms with Crippen LogP contribution in [0.2, 0.25) is 0 Å². The van der Waals surface area contributed by atoms with E-state index < -0.39 is 0 Å². The van der Waals surface area contributed by atoms with Gasteiger partial charge in [0.1, 0.15) is 11.6 Å². The van der Waals surface area contributed by atoms with Crippen LogP contribution >= 0.6 is 0 Å². The molecule has 5 aliphatic rings. The summed E-state index contributed by atoms with van der Waals surface area (Å²) in [5, 5.41) is 0. The van der Waals surface area contributed by atoms with E-state index in [-0.39, 0.29) is 22.5 Å². The molecule has 4 aliphatic carbocycles. The number of pyridine rings is 1. The maximum Gasteiger partial charge on any atom is 0.178 e. The average molecular weight is 557 g/mol. The summed E-state index contributed by atoms with van der Waals surface area (Å²) in [6.07, 6.45) is 12.5. The molecule has 0 N–H and O–H groups in total. The molecule has 6 heteroatoms. The van der Waals surface area contributed by atoms with Crippen LogP contribution in [0.4, 0.5) is 11.6 Å². The van der Waals surface area contributed by atoms with E-state index in [1.165, 1.54) is 11.1 Å². The molecule has 3 fully saturated rings. The predicted octanol–water partition coefficient (Wildman–Crippen LogP) is 5.71. The Bertz CT molecular complexity index is 1290. The third kappa shape index (κ3) is 4.80. The first kappa shape index (κ1) is 28.4. The van der Waals surface area contributed by atoms with Gasteiger partial charge in [-0.1, -0.05) is 43.2 Å². The van der Waals surface area contributed by atoms with Gasteiger partial charge in [0.05, 0.1) is 6.54 Å². The van der Waals surface area contributed by atoms with E-state index in [1.54, 1.807) is 6.08 Å². The van der Waals surface area contributed by atoms with Gasteiger partial charge in [-0.25, -0.2) is 4.98 Å². The van der Waals surface area contributed by atoms with Crippen molar-refractivity contribution in [2.75, 3.05) is 55.6 Å². The van der Waals surface area contributed by atoms with Crippen LogP contribution < -0.4 is 9.80 Å². The molecule has 0 amide bonds. The summed E-state index contributed by atoms with van der Waals surface area (Å²) in [5.41, 5.74) is 2.69. The maximum absolute atomic E-state index is 14.1. The van der Waals surface area contributed by atoms with Gasteiger partial charge in [-0.15, -0.1) is 0 Å². The van der Waals surface area contributed by atoms with E-state index in [9.17, 15) is 9.59 Å². The molecule has 1 unspecified atom stereocenters.